The first-order valence-corrected chi connectivity index (χ1v) is 9.74. The number of hydrogen-bond acceptors (Lipinski definition) is 4. The summed E-state index contributed by atoms with van der Waals surface area (Å²) in [6, 6.07) is 24.6. The summed E-state index contributed by atoms with van der Waals surface area (Å²) in [7, 11) is 0. The highest BCUT2D eigenvalue weighted by atomic mass is 35.5. The molecule has 0 saturated carbocycles. The van der Waals surface area contributed by atoms with Crippen LogP contribution in [0.4, 0.5) is 0 Å². The fourth-order valence-corrected chi connectivity index (χ4v) is 4.01. The van der Waals surface area contributed by atoms with E-state index in [4.69, 9.17) is 16.6 Å². The maximum absolute atomic E-state index is 13.4. The molecule has 142 valence electrons. The van der Waals surface area contributed by atoms with Crippen LogP contribution in [0, 0.1) is 0 Å². The molecule has 29 heavy (non-hydrogen) atoms. The lowest BCUT2D eigenvalue weighted by atomic mass is 9.94. The number of aromatic nitrogens is 2. The minimum atomic E-state index is -0.121. The van der Waals surface area contributed by atoms with Crippen molar-refractivity contribution in [3.05, 3.63) is 106 Å². The smallest absolute Gasteiger partial charge is 0.266 e. The SMILES string of the molecule is O=c1c2ccccc2nc(C2=NNCC2c2ccccc2Cl)n1-c1ccccc1. The predicted molar refractivity (Wildman–Crippen MR) is 116 cm³/mol. The van der Waals surface area contributed by atoms with Crippen LogP contribution in [0.15, 0.2) is 88.8 Å². The normalized spacial score (nSPS) is 15.9. The van der Waals surface area contributed by atoms with E-state index in [2.05, 4.69) is 10.5 Å². The molecule has 0 spiro atoms. The lowest BCUT2D eigenvalue weighted by Crippen LogP contribution is -2.29. The molecule has 6 heteroatoms. The van der Waals surface area contributed by atoms with Crippen LogP contribution in [-0.2, 0) is 0 Å². The van der Waals surface area contributed by atoms with E-state index in [1.54, 1.807) is 10.6 Å². The highest BCUT2D eigenvalue weighted by Gasteiger charge is 2.30. The van der Waals surface area contributed by atoms with E-state index < -0.39 is 0 Å². The molecule has 1 N–H and O–H groups in total. The second kappa shape index (κ2) is 7.18. The number of rotatable bonds is 3. The van der Waals surface area contributed by atoms with Crippen LogP contribution in [0.1, 0.15) is 17.3 Å². The Hall–Kier alpha value is -3.44. The maximum Gasteiger partial charge on any atom is 0.266 e. The Morgan fingerprint density at radius 2 is 1.66 bits per heavy atom. The third kappa shape index (κ3) is 3.00. The zero-order valence-corrected chi connectivity index (χ0v) is 16.2. The van der Waals surface area contributed by atoms with Crippen molar-refractivity contribution in [1.82, 2.24) is 15.0 Å². The topological polar surface area (TPSA) is 59.3 Å². The Balaban J connectivity index is 1.78. The van der Waals surface area contributed by atoms with Gasteiger partial charge < -0.3 is 5.43 Å². The Morgan fingerprint density at radius 3 is 2.48 bits per heavy atom. The van der Waals surface area contributed by atoms with Crippen LogP contribution in [0.2, 0.25) is 5.02 Å². The second-order valence-electron chi connectivity index (χ2n) is 6.86. The summed E-state index contributed by atoms with van der Waals surface area (Å²) in [5, 5.41) is 5.76. The van der Waals surface area contributed by atoms with Crippen LogP contribution in [0.3, 0.4) is 0 Å². The van der Waals surface area contributed by atoms with Gasteiger partial charge in [0.1, 0.15) is 5.71 Å². The van der Waals surface area contributed by atoms with Crippen molar-refractivity contribution >= 4 is 28.2 Å². The summed E-state index contributed by atoms with van der Waals surface area (Å²) in [6.07, 6.45) is 0. The average Bonchev–Trinajstić information content (AvgIpc) is 3.24. The van der Waals surface area contributed by atoms with E-state index in [9.17, 15) is 4.79 Å². The number of benzene rings is 3. The highest BCUT2D eigenvalue weighted by molar-refractivity contribution is 6.31. The Morgan fingerprint density at radius 1 is 0.931 bits per heavy atom. The number of fused-ring (bicyclic) bond motifs is 1. The molecule has 1 aliphatic rings. The molecule has 0 saturated heterocycles. The molecule has 4 aromatic rings. The van der Waals surface area contributed by atoms with Crippen molar-refractivity contribution in [2.75, 3.05) is 6.54 Å². The minimum Gasteiger partial charge on any atom is -0.309 e. The molecule has 3 aromatic carbocycles. The largest absolute Gasteiger partial charge is 0.309 e. The van der Waals surface area contributed by atoms with Gasteiger partial charge in [0.15, 0.2) is 5.82 Å². The van der Waals surface area contributed by atoms with Crippen molar-refractivity contribution in [3.63, 3.8) is 0 Å². The molecule has 2 heterocycles. The number of para-hydroxylation sites is 2. The van der Waals surface area contributed by atoms with Crippen LogP contribution in [0.25, 0.3) is 16.6 Å². The van der Waals surface area contributed by atoms with Crippen LogP contribution in [0.5, 0.6) is 0 Å². The third-order valence-electron chi connectivity index (χ3n) is 5.12. The summed E-state index contributed by atoms with van der Waals surface area (Å²) in [5.74, 6) is 0.418. The Labute approximate surface area is 172 Å². The summed E-state index contributed by atoms with van der Waals surface area (Å²) in [6.45, 7) is 0.594. The number of hydrazone groups is 1. The van der Waals surface area contributed by atoms with Crippen molar-refractivity contribution < 1.29 is 0 Å². The van der Waals surface area contributed by atoms with Crippen molar-refractivity contribution in [1.29, 1.82) is 0 Å². The predicted octanol–water partition coefficient (Wildman–Crippen LogP) is 4.13. The first-order chi connectivity index (χ1) is 14.2. The van der Waals surface area contributed by atoms with Gasteiger partial charge in [-0.05, 0) is 35.9 Å². The summed E-state index contributed by atoms with van der Waals surface area (Å²) < 4.78 is 1.64. The van der Waals surface area contributed by atoms with Crippen LogP contribution < -0.4 is 11.0 Å². The van der Waals surface area contributed by atoms with E-state index in [0.29, 0.717) is 34.0 Å². The molecule has 1 atom stereocenters. The standard InChI is InChI=1S/C23H17ClN4O/c24-19-12-6-4-10-16(19)18-14-25-27-21(18)22-26-20-13-7-5-11-17(20)23(29)28(22)15-8-2-1-3-9-15/h1-13,18,25H,14H2. The number of hydrogen-bond donors (Lipinski definition) is 1. The van der Waals surface area contributed by atoms with E-state index in [0.717, 1.165) is 11.3 Å². The van der Waals surface area contributed by atoms with E-state index in [1.807, 2.05) is 72.8 Å². The van der Waals surface area contributed by atoms with Gasteiger partial charge in [0, 0.05) is 11.6 Å². The molecule has 0 aliphatic carbocycles. The summed E-state index contributed by atoms with van der Waals surface area (Å²) in [5.41, 5.74) is 6.00. The highest BCUT2D eigenvalue weighted by Crippen LogP contribution is 2.30. The molecule has 5 nitrogen and oxygen atoms in total. The minimum absolute atomic E-state index is 0.105. The molecule has 1 unspecified atom stereocenters. The maximum atomic E-state index is 13.4. The Kier molecular flexibility index (Phi) is 4.37. The average molecular weight is 401 g/mol. The van der Waals surface area contributed by atoms with Gasteiger partial charge in [-0.1, -0.05) is 60.1 Å². The second-order valence-corrected chi connectivity index (χ2v) is 7.27. The van der Waals surface area contributed by atoms with Crippen LogP contribution >= 0.6 is 11.6 Å². The van der Waals surface area contributed by atoms with Gasteiger partial charge in [0.2, 0.25) is 0 Å². The summed E-state index contributed by atoms with van der Waals surface area (Å²) >= 11 is 6.47. The summed E-state index contributed by atoms with van der Waals surface area (Å²) in [4.78, 5) is 18.3. The fourth-order valence-electron chi connectivity index (χ4n) is 3.74. The van der Waals surface area contributed by atoms with Crippen molar-refractivity contribution in [2.45, 2.75) is 5.92 Å². The van der Waals surface area contributed by atoms with Gasteiger partial charge in [-0.15, -0.1) is 0 Å². The van der Waals surface area contributed by atoms with Gasteiger partial charge >= 0.3 is 0 Å². The van der Waals surface area contributed by atoms with E-state index in [-0.39, 0.29) is 11.5 Å². The Bertz CT molecular complexity index is 1300. The van der Waals surface area contributed by atoms with Gasteiger partial charge in [-0.2, -0.15) is 5.10 Å². The van der Waals surface area contributed by atoms with Crippen molar-refractivity contribution in [3.8, 4) is 5.69 Å². The molecule has 0 radical (unpaired) electrons. The molecular formula is C23H17ClN4O. The van der Waals surface area contributed by atoms with E-state index >= 15 is 0 Å². The first-order valence-electron chi connectivity index (χ1n) is 9.36. The third-order valence-corrected chi connectivity index (χ3v) is 5.47. The molecule has 1 aliphatic heterocycles. The lowest BCUT2D eigenvalue weighted by Gasteiger charge is -2.18. The zero-order chi connectivity index (χ0) is 19.8. The van der Waals surface area contributed by atoms with Gasteiger partial charge in [0.25, 0.3) is 5.56 Å². The molecule has 0 fully saturated rings. The first kappa shape index (κ1) is 17.6. The van der Waals surface area contributed by atoms with Gasteiger partial charge in [-0.25, -0.2) is 4.98 Å². The molecule has 1 aromatic heterocycles. The van der Waals surface area contributed by atoms with Gasteiger partial charge in [0.05, 0.1) is 22.5 Å². The van der Waals surface area contributed by atoms with Crippen LogP contribution in [-0.4, -0.2) is 21.8 Å². The zero-order valence-electron chi connectivity index (χ0n) is 15.4. The number of halogens is 1. The van der Waals surface area contributed by atoms with Crippen molar-refractivity contribution in [2.24, 2.45) is 5.10 Å². The number of nitrogens with zero attached hydrogens (tertiary/aromatic N) is 3. The molecule has 0 bridgehead atoms. The monoisotopic (exact) mass is 400 g/mol. The van der Waals surface area contributed by atoms with Gasteiger partial charge in [-0.3, -0.25) is 9.36 Å². The molecule has 0 amide bonds. The quantitative estimate of drug-likeness (QED) is 0.562. The fraction of sp³-hybridized carbons (Fsp3) is 0.0870. The number of nitrogens with one attached hydrogen (secondary N) is 1. The van der Waals surface area contributed by atoms with E-state index in [1.165, 1.54) is 0 Å². The lowest BCUT2D eigenvalue weighted by molar-refractivity contribution is 0.763. The molecule has 5 rings (SSSR count). The molecular weight excluding hydrogens is 384 g/mol.